The third-order valence-corrected chi connectivity index (χ3v) is 4.15. The minimum absolute atomic E-state index is 0.951. The van der Waals surface area contributed by atoms with Crippen LogP contribution in [0.1, 0.15) is 11.3 Å². The number of nitrogens with zero attached hydrogens (tertiary/aromatic N) is 3. The molecule has 3 aromatic rings. The molecular weight excluding hydrogens is 286 g/mol. The second-order valence-corrected chi connectivity index (χ2v) is 5.67. The maximum absolute atomic E-state index is 4.58. The van der Waals surface area contributed by atoms with Gasteiger partial charge in [0.2, 0.25) is 0 Å². The lowest BCUT2D eigenvalue weighted by molar-refractivity contribution is 0.585. The van der Waals surface area contributed by atoms with Crippen molar-refractivity contribution in [3.05, 3.63) is 53.9 Å². The molecule has 1 aliphatic rings. The van der Waals surface area contributed by atoms with Crippen molar-refractivity contribution in [2.24, 2.45) is 0 Å². The van der Waals surface area contributed by atoms with E-state index < -0.39 is 0 Å². The molecule has 4 rings (SSSR count). The number of fused-ring (bicyclic) bond motifs is 1. The summed E-state index contributed by atoms with van der Waals surface area (Å²) in [4.78, 5) is 6.89. The smallest absolute Gasteiger partial charge is 0.128 e. The molecule has 0 aliphatic carbocycles. The number of aromatic nitrogens is 3. The zero-order valence-corrected chi connectivity index (χ0v) is 12.9. The van der Waals surface area contributed by atoms with Crippen LogP contribution in [0.2, 0.25) is 0 Å². The predicted molar refractivity (Wildman–Crippen MR) is 94.3 cm³/mol. The number of aromatic amines is 1. The lowest BCUT2D eigenvalue weighted by Crippen LogP contribution is -2.43. The highest BCUT2D eigenvalue weighted by Gasteiger charge is 2.10. The Morgan fingerprint density at radius 1 is 1.00 bits per heavy atom. The maximum Gasteiger partial charge on any atom is 0.128 e. The average molecular weight is 305 g/mol. The van der Waals surface area contributed by atoms with Crippen molar-refractivity contribution in [1.29, 1.82) is 0 Å². The van der Waals surface area contributed by atoms with Crippen LogP contribution in [0.15, 0.2) is 42.6 Å². The van der Waals surface area contributed by atoms with Gasteiger partial charge in [0.05, 0.1) is 11.2 Å². The van der Waals surface area contributed by atoms with E-state index in [1.54, 1.807) is 0 Å². The molecule has 1 saturated heterocycles. The number of piperazine rings is 1. The summed E-state index contributed by atoms with van der Waals surface area (Å²) in [5.74, 6) is 1.05. The van der Waals surface area contributed by atoms with Crippen molar-refractivity contribution >= 4 is 28.9 Å². The molecule has 2 N–H and O–H groups in total. The standard InChI is InChI=1S/C18H19N5/c1-2-4-16-15(3-1)17(22-21-16)7-5-14-6-8-18(20-13-14)23-11-9-19-10-12-23/h1-8,13,19H,9-12H2,(H,21,22)/b7-5+. The van der Waals surface area contributed by atoms with Gasteiger partial charge >= 0.3 is 0 Å². The number of hydrogen-bond donors (Lipinski definition) is 2. The van der Waals surface area contributed by atoms with E-state index in [-0.39, 0.29) is 0 Å². The van der Waals surface area contributed by atoms with E-state index in [0.717, 1.165) is 54.2 Å². The highest BCUT2D eigenvalue weighted by molar-refractivity contribution is 5.89. The van der Waals surface area contributed by atoms with Crippen LogP contribution < -0.4 is 10.2 Å². The molecule has 2 aromatic heterocycles. The number of para-hydroxylation sites is 1. The number of hydrogen-bond acceptors (Lipinski definition) is 4. The lowest BCUT2D eigenvalue weighted by atomic mass is 10.2. The third kappa shape index (κ3) is 2.96. The van der Waals surface area contributed by atoms with E-state index >= 15 is 0 Å². The number of rotatable bonds is 3. The van der Waals surface area contributed by atoms with E-state index in [2.05, 4.69) is 49.7 Å². The molecule has 1 aliphatic heterocycles. The molecule has 0 amide bonds. The van der Waals surface area contributed by atoms with Crippen LogP contribution >= 0.6 is 0 Å². The topological polar surface area (TPSA) is 56.8 Å². The largest absolute Gasteiger partial charge is 0.354 e. The fraction of sp³-hybridized carbons (Fsp3) is 0.222. The van der Waals surface area contributed by atoms with Gasteiger partial charge in [0.15, 0.2) is 0 Å². The molecule has 0 bridgehead atoms. The highest BCUT2D eigenvalue weighted by Crippen LogP contribution is 2.18. The van der Waals surface area contributed by atoms with E-state index in [0.29, 0.717) is 0 Å². The van der Waals surface area contributed by atoms with Crippen molar-refractivity contribution in [2.45, 2.75) is 0 Å². The average Bonchev–Trinajstić information content (AvgIpc) is 3.04. The summed E-state index contributed by atoms with van der Waals surface area (Å²) >= 11 is 0. The molecule has 0 saturated carbocycles. The van der Waals surface area contributed by atoms with Crippen molar-refractivity contribution in [3.63, 3.8) is 0 Å². The van der Waals surface area contributed by atoms with Gasteiger partial charge in [-0.2, -0.15) is 5.10 Å². The van der Waals surface area contributed by atoms with E-state index in [9.17, 15) is 0 Å². The molecule has 5 nitrogen and oxygen atoms in total. The van der Waals surface area contributed by atoms with Gasteiger partial charge < -0.3 is 10.2 Å². The van der Waals surface area contributed by atoms with Gasteiger partial charge in [-0.1, -0.05) is 24.3 Å². The predicted octanol–water partition coefficient (Wildman–Crippen LogP) is 2.54. The zero-order valence-electron chi connectivity index (χ0n) is 12.9. The van der Waals surface area contributed by atoms with Crippen LogP contribution in [0.5, 0.6) is 0 Å². The fourth-order valence-corrected chi connectivity index (χ4v) is 2.86. The Morgan fingerprint density at radius 3 is 2.70 bits per heavy atom. The zero-order chi connectivity index (χ0) is 15.5. The molecule has 3 heterocycles. The maximum atomic E-state index is 4.58. The Morgan fingerprint density at radius 2 is 1.87 bits per heavy atom. The first-order valence-electron chi connectivity index (χ1n) is 7.93. The number of H-pyrrole nitrogens is 1. The SMILES string of the molecule is C(=C\c1n[nH]c2ccccc12)/c1ccc(N2CCNCC2)nc1. The molecular formula is C18H19N5. The summed E-state index contributed by atoms with van der Waals surface area (Å²) in [5.41, 5.74) is 3.09. The molecule has 0 radical (unpaired) electrons. The molecule has 1 aromatic carbocycles. The summed E-state index contributed by atoms with van der Waals surface area (Å²) in [6, 6.07) is 12.3. The van der Waals surface area contributed by atoms with Gasteiger partial charge in [-0.3, -0.25) is 5.10 Å². The van der Waals surface area contributed by atoms with Gasteiger partial charge in [-0.25, -0.2) is 4.98 Å². The van der Waals surface area contributed by atoms with E-state index in [1.165, 1.54) is 0 Å². The Balaban J connectivity index is 1.52. The molecule has 0 unspecified atom stereocenters. The minimum Gasteiger partial charge on any atom is -0.354 e. The van der Waals surface area contributed by atoms with Gasteiger partial charge in [-0.05, 0) is 29.8 Å². The first kappa shape index (κ1) is 14.0. The molecule has 23 heavy (non-hydrogen) atoms. The summed E-state index contributed by atoms with van der Waals surface area (Å²) in [5, 5.41) is 11.9. The van der Waals surface area contributed by atoms with Crippen LogP contribution in [0.4, 0.5) is 5.82 Å². The molecule has 1 fully saturated rings. The lowest BCUT2D eigenvalue weighted by Gasteiger charge is -2.28. The van der Waals surface area contributed by atoms with E-state index in [1.807, 2.05) is 30.5 Å². The van der Waals surface area contributed by atoms with Crippen LogP contribution in [0.3, 0.4) is 0 Å². The van der Waals surface area contributed by atoms with Crippen LogP contribution in [0, 0.1) is 0 Å². The Bertz CT molecular complexity index is 813. The van der Waals surface area contributed by atoms with Crippen LogP contribution in [-0.4, -0.2) is 41.4 Å². The van der Waals surface area contributed by atoms with Gasteiger partial charge in [0, 0.05) is 37.8 Å². The molecule has 116 valence electrons. The first-order valence-corrected chi connectivity index (χ1v) is 7.93. The molecule has 0 spiro atoms. The Labute approximate surface area is 135 Å². The van der Waals surface area contributed by atoms with Crippen molar-refractivity contribution < 1.29 is 0 Å². The summed E-state index contributed by atoms with van der Waals surface area (Å²) < 4.78 is 0. The second-order valence-electron chi connectivity index (χ2n) is 5.67. The third-order valence-electron chi connectivity index (χ3n) is 4.15. The van der Waals surface area contributed by atoms with E-state index in [4.69, 9.17) is 0 Å². The first-order chi connectivity index (χ1) is 11.4. The Hall–Kier alpha value is -2.66. The second kappa shape index (κ2) is 6.22. The monoisotopic (exact) mass is 305 g/mol. The fourth-order valence-electron chi connectivity index (χ4n) is 2.86. The Kier molecular flexibility index (Phi) is 3.78. The molecule has 5 heteroatoms. The molecule has 0 atom stereocenters. The summed E-state index contributed by atoms with van der Waals surface area (Å²) in [7, 11) is 0. The summed E-state index contributed by atoms with van der Waals surface area (Å²) in [6.45, 7) is 4.08. The number of anilines is 1. The number of benzene rings is 1. The quantitative estimate of drug-likeness (QED) is 0.781. The van der Waals surface area contributed by atoms with Crippen LogP contribution in [0.25, 0.3) is 23.1 Å². The van der Waals surface area contributed by atoms with Crippen LogP contribution in [-0.2, 0) is 0 Å². The van der Waals surface area contributed by atoms with Crippen molar-refractivity contribution in [3.8, 4) is 0 Å². The van der Waals surface area contributed by atoms with Gasteiger partial charge in [-0.15, -0.1) is 0 Å². The van der Waals surface area contributed by atoms with Crippen molar-refractivity contribution in [2.75, 3.05) is 31.1 Å². The number of nitrogens with one attached hydrogen (secondary N) is 2. The minimum atomic E-state index is 0.951. The van der Waals surface area contributed by atoms with Gasteiger partial charge in [0.25, 0.3) is 0 Å². The normalized spacial score (nSPS) is 15.6. The van der Waals surface area contributed by atoms with Crippen molar-refractivity contribution in [1.82, 2.24) is 20.5 Å². The number of pyridine rings is 1. The summed E-state index contributed by atoms with van der Waals surface area (Å²) in [6.07, 6.45) is 6.00. The highest BCUT2D eigenvalue weighted by atomic mass is 15.2. The van der Waals surface area contributed by atoms with Gasteiger partial charge in [0.1, 0.15) is 5.82 Å².